The first-order chi connectivity index (χ1) is 11.5. The van der Waals surface area contributed by atoms with Crippen LogP contribution in [0.25, 0.3) is 16.8 Å². The highest BCUT2D eigenvalue weighted by Crippen LogP contribution is 2.32. The lowest BCUT2D eigenvalue weighted by molar-refractivity contribution is -0.111. The standard InChI is InChI=1S/C19H12Cl3NO/c20-15-10-17(22)18(11-16(15)21)23-19(24)9-8-13-6-3-5-12-4-1-2-7-14(12)13/h1-11H,(H,23,24). The quantitative estimate of drug-likeness (QED) is 0.413. The summed E-state index contributed by atoms with van der Waals surface area (Å²) in [6.07, 6.45) is 3.23. The van der Waals surface area contributed by atoms with E-state index in [-0.39, 0.29) is 5.91 Å². The highest BCUT2D eigenvalue weighted by atomic mass is 35.5. The fourth-order valence-electron chi connectivity index (χ4n) is 2.35. The summed E-state index contributed by atoms with van der Waals surface area (Å²) >= 11 is 17.9. The number of anilines is 1. The molecule has 0 bridgehead atoms. The molecule has 120 valence electrons. The number of benzene rings is 3. The second-order valence-electron chi connectivity index (χ2n) is 5.14. The van der Waals surface area contributed by atoms with Gasteiger partial charge in [0.05, 0.1) is 20.8 Å². The van der Waals surface area contributed by atoms with Gasteiger partial charge in [0.25, 0.3) is 0 Å². The van der Waals surface area contributed by atoms with Gasteiger partial charge in [-0.2, -0.15) is 0 Å². The van der Waals surface area contributed by atoms with E-state index in [4.69, 9.17) is 34.8 Å². The summed E-state index contributed by atoms with van der Waals surface area (Å²) in [5, 5.41) is 5.89. The molecule has 2 nitrogen and oxygen atoms in total. The van der Waals surface area contributed by atoms with Crippen molar-refractivity contribution in [3.8, 4) is 0 Å². The molecule has 0 unspecified atom stereocenters. The molecule has 0 fully saturated rings. The molecule has 0 aromatic heterocycles. The first-order valence-electron chi connectivity index (χ1n) is 7.16. The molecule has 0 spiro atoms. The molecule has 0 saturated carbocycles. The molecule has 24 heavy (non-hydrogen) atoms. The molecule has 3 aromatic carbocycles. The first-order valence-corrected chi connectivity index (χ1v) is 8.29. The average molecular weight is 377 g/mol. The van der Waals surface area contributed by atoms with Crippen molar-refractivity contribution in [2.45, 2.75) is 0 Å². The molecule has 0 aliphatic heterocycles. The zero-order valence-electron chi connectivity index (χ0n) is 12.4. The lowest BCUT2D eigenvalue weighted by Gasteiger charge is -2.07. The molecule has 0 aliphatic carbocycles. The smallest absolute Gasteiger partial charge is 0.248 e. The summed E-state index contributed by atoms with van der Waals surface area (Å²) in [5.41, 5.74) is 1.38. The van der Waals surface area contributed by atoms with Crippen LogP contribution in [0, 0.1) is 0 Å². The number of fused-ring (bicyclic) bond motifs is 1. The number of nitrogens with one attached hydrogen (secondary N) is 1. The van der Waals surface area contributed by atoms with Crippen LogP contribution in [0.1, 0.15) is 5.56 Å². The van der Waals surface area contributed by atoms with Crippen LogP contribution in [0.2, 0.25) is 15.1 Å². The maximum absolute atomic E-state index is 12.1. The summed E-state index contributed by atoms with van der Waals surface area (Å²) in [6.45, 7) is 0. The minimum absolute atomic E-state index is 0.303. The molecule has 0 radical (unpaired) electrons. The molecule has 0 saturated heterocycles. The number of amides is 1. The van der Waals surface area contributed by atoms with E-state index in [0.29, 0.717) is 20.8 Å². The fourth-order valence-corrected chi connectivity index (χ4v) is 2.95. The Balaban J connectivity index is 1.82. The maximum atomic E-state index is 12.1. The van der Waals surface area contributed by atoms with Crippen molar-refractivity contribution < 1.29 is 4.79 Å². The van der Waals surface area contributed by atoms with E-state index in [1.807, 2.05) is 42.5 Å². The maximum Gasteiger partial charge on any atom is 0.248 e. The Morgan fingerprint density at radius 2 is 1.58 bits per heavy atom. The van der Waals surface area contributed by atoms with E-state index in [0.717, 1.165) is 16.3 Å². The summed E-state index contributed by atoms with van der Waals surface area (Å²) in [5.74, 6) is -0.303. The summed E-state index contributed by atoms with van der Waals surface area (Å²) in [4.78, 5) is 12.1. The first kappa shape index (κ1) is 16.8. The zero-order valence-corrected chi connectivity index (χ0v) is 14.7. The van der Waals surface area contributed by atoms with E-state index in [1.165, 1.54) is 18.2 Å². The molecule has 1 amide bonds. The van der Waals surface area contributed by atoms with Gasteiger partial charge in [0.15, 0.2) is 0 Å². The topological polar surface area (TPSA) is 29.1 Å². The second-order valence-corrected chi connectivity index (χ2v) is 6.36. The Labute approximate surface area is 154 Å². The highest BCUT2D eigenvalue weighted by molar-refractivity contribution is 6.44. The predicted octanol–water partition coefficient (Wildman–Crippen LogP) is 6.45. The van der Waals surface area contributed by atoms with Crippen LogP contribution in [0.4, 0.5) is 5.69 Å². The van der Waals surface area contributed by atoms with Gasteiger partial charge in [0, 0.05) is 6.08 Å². The number of hydrogen-bond donors (Lipinski definition) is 1. The average Bonchev–Trinajstić information content (AvgIpc) is 2.58. The van der Waals surface area contributed by atoms with Crippen LogP contribution in [0.15, 0.2) is 60.7 Å². The zero-order chi connectivity index (χ0) is 17.1. The highest BCUT2D eigenvalue weighted by Gasteiger charge is 2.08. The van der Waals surface area contributed by atoms with Crippen LogP contribution in [-0.2, 0) is 4.79 Å². The Hall–Kier alpha value is -2.00. The molecule has 0 aliphatic rings. The Morgan fingerprint density at radius 1 is 0.875 bits per heavy atom. The van der Waals surface area contributed by atoms with Crippen molar-refractivity contribution in [1.29, 1.82) is 0 Å². The van der Waals surface area contributed by atoms with Crippen LogP contribution in [0.3, 0.4) is 0 Å². The number of carbonyl (C=O) groups excluding carboxylic acids is 1. The van der Waals surface area contributed by atoms with E-state index in [9.17, 15) is 4.79 Å². The number of halogens is 3. The normalized spacial score (nSPS) is 11.1. The third kappa shape index (κ3) is 3.73. The largest absolute Gasteiger partial charge is 0.321 e. The van der Waals surface area contributed by atoms with Crippen LogP contribution >= 0.6 is 34.8 Å². The van der Waals surface area contributed by atoms with Crippen molar-refractivity contribution >= 4 is 63.2 Å². The molecule has 0 atom stereocenters. The Morgan fingerprint density at radius 3 is 2.42 bits per heavy atom. The van der Waals surface area contributed by atoms with Crippen molar-refractivity contribution in [1.82, 2.24) is 0 Å². The molecule has 1 N–H and O–H groups in total. The second kappa shape index (κ2) is 7.27. The van der Waals surface area contributed by atoms with Gasteiger partial charge < -0.3 is 5.32 Å². The summed E-state index contributed by atoms with van der Waals surface area (Å²) in [7, 11) is 0. The van der Waals surface area contributed by atoms with E-state index in [2.05, 4.69) is 5.32 Å². The lowest BCUT2D eigenvalue weighted by Crippen LogP contribution is -2.08. The monoisotopic (exact) mass is 375 g/mol. The fraction of sp³-hybridized carbons (Fsp3) is 0. The van der Waals surface area contributed by atoms with Gasteiger partial charge >= 0.3 is 0 Å². The van der Waals surface area contributed by atoms with Crippen LogP contribution in [0.5, 0.6) is 0 Å². The minimum atomic E-state index is -0.303. The number of carbonyl (C=O) groups is 1. The lowest BCUT2D eigenvalue weighted by atomic mass is 10.0. The van der Waals surface area contributed by atoms with Gasteiger partial charge in [0.2, 0.25) is 5.91 Å². The van der Waals surface area contributed by atoms with E-state index >= 15 is 0 Å². The van der Waals surface area contributed by atoms with Crippen molar-refractivity contribution in [3.63, 3.8) is 0 Å². The molecule has 3 aromatic rings. The SMILES string of the molecule is O=C(C=Cc1cccc2ccccc12)Nc1cc(Cl)c(Cl)cc1Cl. The Bertz CT molecular complexity index is 945. The van der Waals surface area contributed by atoms with Crippen molar-refractivity contribution in [3.05, 3.63) is 81.3 Å². The minimum Gasteiger partial charge on any atom is -0.321 e. The molecule has 0 heterocycles. The number of hydrogen-bond acceptors (Lipinski definition) is 1. The summed E-state index contributed by atoms with van der Waals surface area (Å²) < 4.78 is 0. The third-order valence-electron chi connectivity index (χ3n) is 3.51. The van der Waals surface area contributed by atoms with Gasteiger partial charge in [-0.05, 0) is 34.5 Å². The van der Waals surface area contributed by atoms with E-state index in [1.54, 1.807) is 6.08 Å². The van der Waals surface area contributed by atoms with Gasteiger partial charge in [0.1, 0.15) is 0 Å². The van der Waals surface area contributed by atoms with Crippen molar-refractivity contribution in [2.75, 3.05) is 5.32 Å². The van der Waals surface area contributed by atoms with Gasteiger partial charge in [-0.25, -0.2) is 0 Å². The third-order valence-corrected chi connectivity index (χ3v) is 4.54. The molecular formula is C19H12Cl3NO. The van der Waals surface area contributed by atoms with Gasteiger partial charge in [-0.15, -0.1) is 0 Å². The molecular weight excluding hydrogens is 365 g/mol. The molecule has 3 rings (SSSR count). The van der Waals surface area contributed by atoms with Crippen LogP contribution in [-0.4, -0.2) is 5.91 Å². The van der Waals surface area contributed by atoms with Crippen LogP contribution < -0.4 is 5.32 Å². The van der Waals surface area contributed by atoms with E-state index < -0.39 is 0 Å². The summed E-state index contributed by atoms with van der Waals surface area (Å²) in [6, 6.07) is 17.0. The van der Waals surface area contributed by atoms with Gasteiger partial charge in [-0.1, -0.05) is 77.3 Å². The molecule has 5 heteroatoms. The van der Waals surface area contributed by atoms with Gasteiger partial charge in [-0.3, -0.25) is 4.79 Å². The number of rotatable bonds is 3. The Kier molecular flexibility index (Phi) is 5.10. The predicted molar refractivity (Wildman–Crippen MR) is 103 cm³/mol. The van der Waals surface area contributed by atoms with Crippen molar-refractivity contribution in [2.24, 2.45) is 0 Å².